The Labute approximate surface area is 268 Å². The van der Waals surface area contributed by atoms with Crippen molar-refractivity contribution in [2.75, 3.05) is 24.6 Å². The van der Waals surface area contributed by atoms with E-state index in [1.807, 2.05) is 0 Å². The van der Waals surface area contributed by atoms with E-state index >= 15 is 4.39 Å². The van der Waals surface area contributed by atoms with Gasteiger partial charge in [0.1, 0.15) is 29.5 Å². The topological polar surface area (TPSA) is 192 Å². The maximum atomic E-state index is 15.4. The Morgan fingerprint density at radius 2 is 1.83 bits per heavy atom. The number of amides is 2. The minimum absolute atomic E-state index is 0.00672. The molecule has 2 amide bonds. The zero-order valence-corrected chi connectivity index (χ0v) is 25.3. The number of carboxylic acids is 2. The molecule has 252 valence electrons. The van der Waals surface area contributed by atoms with E-state index < -0.39 is 94.4 Å². The lowest BCUT2D eigenvalue weighted by molar-refractivity contribution is -0.163. The zero-order valence-electron chi connectivity index (χ0n) is 25.3. The fourth-order valence-corrected chi connectivity index (χ4v) is 6.71. The summed E-state index contributed by atoms with van der Waals surface area (Å²) in [6, 6.07) is 2.09. The first-order valence-corrected chi connectivity index (χ1v) is 14.8. The van der Waals surface area contributed by atoms with Gasteiger partial charge in [-0.05, 0) is 31.5 Å². The average molecular weight is 672 g/mol. The molecule has 0 saturated carbocycles. The van der Waals surface area contributed by atoms with Crippen molar-refractivity contribution in [1.29, 1.82) is 0 Å². The second kappa shape index (κ2) is 12.0. The van der Waals surface area contributed by atoms with E-state index in [4.69, 9.17) is 4.74 Å². The predicted octanol–water partition coefficient (Wildman–Crippen LogP) is 2.00. The van der Waals surface area contributed by atoms with Gasteiger partial charge in [0, 0.05) is 36.8 Å². The van der Waals surface area contributed by atoms with Gasteiger partial charge in [0.2, 0.25) is 11.3 Å². The second-order valence-electron chi connectivity index (χ2n) is 11.9. The number of pyridine rings is 2. The van der Waals surface area contributed by atoms with Crippen LogP contribution >= 0.6 is 0 Å². The summed E-state index contributed by atoms with van der Waals surface area (Å²) in [4.78, 5) is 68.7. The van der Waals surface area contributed by atoms with Crippen LogP contribution in [0.1, 0.15) is 30.6 Å². The number of nitrogens with zero attached hydrogens (tertiary/aromatic N) is 4. The van der Waals surface area contributed by atoms with Gasteiger partial charge >= 0.3 is 18.0 Å². The fourth-order valence-electron chi connectivity index (χ4n) is 6.71. The number of benzene rings is 1. The maximum Gasteiger partial charge on any atom is 0.407 e. The van der Waals surface area contributed by atoms with E-state index in [1.54, 1.807) is 6.92 Å². The number of β-lactam (4-membered cyclic amide) rings is 1. The zero-order chi connectivity index (χ0) is 34.8. The van der Waals surface area contributed by atoms with E-state index in [0.717, 1.165) is 33.9 Å². The standard InChI is InChI=1S/C31H28F3N5O9/c1-12-18(24(30(45)46)39-23(12)22(13(2)40)28(39)42)11-48-31(47)35-15-5-6-37(9-15)27-20(34)8-16-25(41)17(29(43)44)10-38(26(16)36-27)21-4-3-14(32)7-19(21)33/h3-4,7-8,10,12-13,15,22-23,40H,5-6,9,11H2,1-2H3,(H,35,47)(H,43,44)(H,45,46)/t12-,13+,15-,22-,23+/m0/s1. The van der Waals surface area contributed by atoms with E-state index in [2.05, 4.69) is 10.3 Å². The van der Waals surface area contributed by atoms with Crippen LogP contribution in [-0.2, 0) is 14.3 Å². The Hall–Kier alpha value is -5.45. The number of rotatable bonds is 8. The third-order valence-corrected chi connectivity index (χ3v) is 9.00. The number of aliphatic hydroxyl groups excluding tert-OH is 1. The minimum atomic E-state index is -1.65. The van der Waals surface area contributed by atoms with E-state index in [1.165, 1.54) is 11.8 Å². The summed E-state index contributed by atoms with van der Waals surface area (Å²) in [5.41, 5.74) is -2.57. The first-order valence-electron chi connectivity index (χ1n) is 14.8. The number of alkyl carbamates (subject to hydrolysis) is 1. The Morgan fingerprint density at radius 3 is 2.48 bits per heavy atom. The van der Waals surface area contributed by atoms with Crippen LogP contribution in [0, 0.1) is 29.3 Å². The second-order valence-corrected chi connectivity index (χ2v) is 11.9. The third-order valence-electron chi connectivity index (χ3n) is 9.00. The molecule has 3 aliphatic rings. The highest BCUT2D eigenvalue weighted by Gasteiger charge is 2.59. The van der Waals surface area contributed by atoms with Crippen molar-refractivity contribution in [2.24, 2.45) is 11.8 Å². The molecule has 0 aliphatic carbocycles. The molecule has 6 rings (SSSR count). The van der Waals surface area contributed by atoms with Crippen LogP contribution < -0.4 is 15.6 Å². The van der Waals surface area contributed by atoms with Crippen LogP contribution in [0.4, 0.5) is 23.8 Å². The molecular formula is C31H28F3N5O9. The van der Waals surface area contributed by atoms with Crippen LogP contribution in [-0.4, -0.2) is 91.6 Å². The highest BCUT2D eigenvalue weighted by molar-refractivity contribution is 6.00. The number of ether oxygens (including phenoxy) is 1. The van der Waals surface area contributed by atoms with Crippen LogP contribution in [0.25, 0.3) is 16.7 Å². The number of carbonyl (C=O) groups is 4. The molecule has 2 aromatic heterocycles. The van der Waals surface area contributed by atoms with Gasteiger partial charge < -0.3 is 35.2 Å². The summed E-state index contributed by atoms with van der Waals surface area (Å²) in [6.45, 7) is 2.85. The van der Waals surface area contributed by atoms with Crippen molar-refractivity contribution >= 4 is 40.8 Å². The number of halogens is 3. The average Bonchev–Trinajstić information content (AvgIpc) is 3.56. The van der Waals surface area contributed by atoms with Gasteiger partial charge in [0.25, 0.3) is 0 Å². The first kappa shape index (κ1) is 32.5. The molecule has 2 saturated heterocycles. The number of fused-ring (bicyclic) bond motifs is 2. The molecular weight excluding hydrogens is 643 g/mol. The number of hydrogen-bond donors (Lipinski definition) is 4. The summed E-state index contributed by atoms with van der Waals surface area (Å²) in [7, 11) is 0. The molecule has 2 fully saturated rings. The molecule has 3 aromatic rings. The Bertz CT molecular complexity index is 2000. The summed E-state index contributed by atoms with van der Waals surface area (Å²) < 4.78 is 50.1. The number of carboxylic acid groups (broad SMARTS) is 2. The van der Waals surface area contributed by atoms with E-state index in [0.29, 0.717) is 6.07 Å². The third kappa shape index (κ3) is 5.29. The molecule has 48 heavy (non-hydrogen) atoms. The molecule has 17 heteroatoms. The Balaban J connectivity index is 1.20. The molecule has 0 bridgehead atoms. The molecule has 0 spiro atoms. The van der Waals surface area contributed by atoms with Crippen molar-refractivity contribution in [3.8, 4) is 5.69 Å². The number of aliphatic hydroxyl groups is 1. The number of nitrogens with one attached hydrogen (secondary N) is 1. The molecule has 4 N–H and O–H groups in total. The van der Waals surface area contributed by atoms with Crippen molar-refractivity contribution in [3.63, 3.8) is 0 Å². The lowest BCUT2D eigenvalue weighted by atomic mass is 9.78. The molecule has 5 heterocycles. The fraction of sp³-hybridized carbons (Fsp3) is 0.355. The van der Waals surface area contributed by atoms with Crippen molar-refractivity contribution in [2.45, 2.75) is 38.5 Å². The highest BCUT2D eigenvalue weighted by atomic mass is 19.1. The lowest BCUT2D eigenvalue weighted by Crippen LogP contribution is -2.63. The molecule has 5 atom stereocenters. The monoisotopic (exact) mass is 671 g/mol. The molecule has 0 radical (unpaired) electrons. The molecule has 1 aromatic carbocycles. The Kier molecular flexibility index (Phi) is 8.10. The SMILES string of the molecule is C[C@@H](O)[C@@H]1C(=O)N2C(C(=O)O)=C(COC(=O)N[C@H]3CCN(c4nc5c(cc4F)c(=O)c(C(=O)O)cn5-c4ccc(F)cc4F)C3)[C@H](C)[C@H]12. The maximum absolute atomic E-state index is 15.4. The molecule has 3 aliphatic heterocycles. The van der Waals surface area contributed by atoms with Gasteiger partial charge in [0.15, 0.2) is 17.3 Å². The van der Waals surface area contributed by atoms with Crippen LogP contribution in [0.15, 0.2) is 46.5 Å². The van der Waals surface area contributed by atoms with Crippen LogP contribution in [0.2, 0.25) is 0 Å². The number of hydrogen-bond acceptors (Lipinski definition) is 9. The first-order chi connectivity index (χ1) is 22.7. The van der Waals surface area contributed by atoms with E-state index in [-0.39, 0.29) is 47.9 Å². The summed E-state index contributed by atoms with van der Waals surface area (Å²) in [6.07, 6.45) is -0.800. The quantitative estimate of drug-likeness (QED) is 0.256. The molecule has 14 nitrogen and oxygen atoms in total. The largest absolute Gasteiger partial charge is 0.477 e. The number of aromatic carboxylic acids is 1. The summed E-state index contributed by atoms with van der Waals surface area (Å²) >= 11 is 0. The summed E-state index contributed by atoms with van der Waals surface area (Å²) in [5.74, 6) is -8.10. The van der Waals surface area contributed by atoms with Gasteiger partial charge in [0.05, 0.1) is 35.2 Å². The normalized spacial score (nSPS) is 22.5. The van der Waals surface area contributed by atoms with Crippen LogP contribution in [0.3, 0.4) is 0 Å². The highest BCUT2D eigenvalue weighted by Crippen LogP contribution is 2.47. The van der Waals surface area contributed by atoms with Gasteiger partial charge in [-0.1, -0.05) is 6.92 Å². The lowest BCUT2D eigenvalue weighted by Gasteiger charge is -2.46. The number of anilines is 1. The number of carbonyl (C=O) groups excluding carboxylic acids is 2. The van der Waals surface area contributed by atoms with Gasteiger partial charge in [-0.15, -0.1) is 0 Å². The van der Waals surface area contributed by atoms with Crippen molar-refractivity contribution < 1.29 is 52.4 Å². The minimum Gasteiger partial charge on any atom is -0.477 e. The van der Waals surface area contributed by atoms with Gasteiger partial charge in [-0.3, -0.25) is 14.2 Å². The van der Waals surface area contributed by atoms with Crippen molar-refractivity contribution in [1.82, 2.24) is 19.8 Å². The smallest absolute Gasteiger partial charge is 0.407 e. The van der Waals surface area contributed by atoms with Gasteiger partial charge in [-0.2, -0.15) is 0 Å². The number of aromatic nitrogens is 2. The summed E-state index contributed by atoms with van der Waals surface area (Å²) in [5, 5.41) is 31.4. The molecule has 0 unspecified atom stereocenters. The van der Waals surface area contributed by atoms with Gasteiger partial charge in [-0.25, -0.2) is 32.5 Å². The predicted molar refractivity (Wildman–Crippen MR) is 159 cm³/mol. The van der Waals surface area contributed by atoms with Crippen molar-refractivity contribution in [3.05, 3.63) is 75.0 Å². The van der Waals surface area contributed by atoms with E-state index in [9.17, 15) is 48.1 Å². The van der Waals surface area contributed by atoms with Crippen LogP contribution in [0.5, 0.6) is 0 Å². The Morgan fingerprint density at radius 1 is 1.10 bits per heavy atom. The number of aliphatic carboxylic acids is 1.